The van der Waals surface area contributed by atoms with Gasteiger partial charge in [0, 0.05) is 56.6 Å². The molecule has 214 valence electrons. The molecule has 10 nitrogen and oxygen atoms in total. The Balaban J connectivity index is 1.27. The van der Waals surface area contributed by atoms with Crippen LogP contribution in [0.1, 0.15) is 49.3 Å². The quantitative estimate of drug-likeness (QED) is 0.369. The molecular formula is C32H32N6O4. The van der Waals surface area contributed by atoms with Gasteiger partial charge in [-0.1, -0.05) is 18.1 Å². The summed E-state index contributed by atoms with van der Waals surface area (Å²) in [5.41, 5.74) is 4.12. The number of amides is 3. The van der Waals surface area contributed by atoms with Gasteiger partial charge in [0.15, 0.2) is 0 Å². The van der Waals surface area contributed by atoms with Gasteiger partial charge in [0.2, 0.25) is 5.91 Å². The minimum atomic E-state index is -0.552. The number of rotatable bonds is 3. The van der Waals surface area contributed by atoms with Crippen molar-refractivity contribution in [3.8, 4) is 23.0 Å². The second-order valence-electron chi connectivity index (χ2n) is 11.0. The first-order valence-electron chi connectivity index (χ1n) is 13.7. The number of carbonyl (C=O) groups is 3. The average Bonchev–Trinajstić information content (AvgIpc) is 3.37. The monoisotopic (exact) mass is 564 g/mol. The maximum absolute atomic E-state index is 13.1. The minimum absolute atomic E-state index is 0.0641. The van der Waals surface area contributed by atoms with Crippen molar-refractivity contribution in [2.45, 2.75) is 33.3 Å². The van der Waals surface area contributed by atoms with Gasteiger partial charge in [-0.2, -0.15) is 0 Å². The number of nitrogens with one attached hydrogen (secondary N) is 1. The largest absolute Gasteiger partial charge is 0.444 e. The lowest BCUT2D eigenvalue weighted by molar-refractivity contribution is -0.114. The van der Waals surface area contributed by atoms with Crippen LogP contribution in [0.2, 0.25) is 0 Å². The number of imidazole rings is 1. The van der Waals surface area contributed by atoms with Crippen molar-refractivity contribution < 1.29 is 19.1 Å². The van der Waals surface area contributed by atoms with E-state index in [1.165, 1.54) is 6.92 Å². The molecule has 0 radical (unpaired) electrons. The molecule has 0 bridgehead atoms. The van der Waals surface area contributed by atoms with Crippen LogP contribution in [0.15, 0.2) is 67.1 Å². The Morgan fingerprint density at radius 1 is 0.881 bits per heavy atom. The number of fused-ring (bicyclic) bond motifs is 1. The maximum atomic E-state index is 13.1. The van der Waals surface area contributed by atoms with Crippen molar-refractivity contribution in [3.05, 3.63) is 83.9 Å². The Bertz CT molecular complexity index is 1700. The summed E-state index contributed by atoms with van der Waals surface area (Å²) in [5.74, 6) is 6.44. The van der Waals surface area contributed by atoms with Gasteiger partial charge in [0.1, 0.15) is 22.8 Å². The van der Waals surface area contributed by atoms with E-state index < -0.39 is 5.60 Å². The van der Waals surface area contributed by atoms with E-state index in [0.29, 0.717) is 48.8 Å². The van der Waals surface area contributed by atoms with Gasteiger partial charge in [-0.05, 0) is 74.2 Å². The highest BCUT2D eigenvalue weighted by atomic mass is 16.6. The molecule has 1 aliphatic rings. The average molecular weight is 565 g/mol. The fourth-order valence-electron chi connectivity index (χ4n) is 4.54. The van der Waals surface area contributed by atoms with Gasteiger partial charge in [-0.3, -0.25) is 14.0 Å². The summed E-state index contributed by atoms with van der Waals surface area (Å²) in [6, 6.07) is 14.9. The molecule has 1 aromatic carbocycles. The highest BCUT2D eigenvalue weighted by molar-refractivity contribution is 5.95. The van der Waals surface area contributed by atoms with Crippen molar-refractivity contribution in [3.63, 3.8) is 0 Å². The number of ether oxygens (including phenoxy) is 1. The molecule has 1 aliphatic heterocycles. The molecule has 0 saturated carbocycles. The van der Waals surface area contributed by atoms with Crippen LogP contribution >= 0.6 is 0 Å². The zero-order valence-corrected chi connectivity index (χ0v) is 24.0. The summed E-state index contributed by atoms with van der Waals surface area (Å²) in [6.45, 7) is 8.73. The van der Waals surface area contributed by atoms with E-state index in [1.54, 1.807) is 34.3 Å². The van der Waals surface area contributed by atoms with E-state index in [9.17, 15) is 14.4 Å². The summed E-state index contributed by atoms with van der Waals surface area (Å²) in [7, 11) is 0. The fraction of sp³-hybridized carbons (Fsp3) is 0.281. The van der Waals surface area contributed by atoms with Crippen molar-refractivity contribution >= 4 is 29.4 Å². The summed E-state index contributed by atoms with van der Waals surface area (Å²) in [5, 5.41) is 2.66. The Kier molecular flexibility index (Phi) is 7.93. The molecule has 3 aromatic heterocycles. The first kappa shape index (κ1) is 28.4. The Morgan fingerprint density at radius 3 is 2.26 bits per heavy atom. The highest BCUT2D eigenvalue weighted by Crippen LogP contribution is 2.22. The van der Waals surface area contributed by atoms with E-state index in [-0.39, 0.29) is 17.9 Å². The number of aromatic nitrogens is 3. The van der Waals surface area contributed by atoms with Gasteiger partial charge < -0.3 is 19.9 Å². The topological polar surface area (TPSA) is 109 Å². The van der Waals surface area contributed by atoms with Crippen molar-refractivity contribution in [1.82, 2.24) is 24.2 Å². The molecule has 5 rings (SSSR count). The van der Waals surface area contributed by atoms with Gasteiger partial charge in [-0.15, -0.1) is 0 Å². The molecule has 3 amide bonds. The zero-order chi connectivity index (χ0) is 29.9. The number of benzene rings is 1. The van der Waals surface area contributed by atoms with Crippen molar-refractivity contribution in [2.75, 3.05) is 31.5 Å². The van der Waals surface area contributed by atoms with E-state index in [1.807, 2.05) is 67.8 Å². The molecule has 0 aliphatic carbocycles. The fourth-order valence-corrected chi connectivity index (χ4v) is 4.54. The number of pyridine rings is 2. The van der Waals surface area contributed by atoms with Crippen LogP contribution < -0.4 is 5.32 Å². The second kappa shape index (κ2) is 11.7. The molecule has 1 saturated heterocycles. The van der Waals surface area contributed by atoms with E-state index in [2.05, 4.69) is 27.1 Å². The summed E-state index contributed by atoms with van der Waals surface area (Å²) >= 11 is 0. The maximum Gasteiger partial charge on any atom is 0.410 e. The molecule has 0 spiro atoms. The van der Waals surface area contributed by atoms with E-state index in [0.717, 1.165) is 16.8 Å². The van der Waals surface area contributed by atoms with E-state index in [4.69, 9.17) is 4.74 Å². The standard InChI is InChI=1S/C32H32N6O4/c1-22(39)35-28-19-23(13-14-33-28)5-11-27-20-34-29-12-10-26(21-38(27)29)24-6-8-25(9-7-24)30(40)36-15-17-37(18-16-36)31(41)42-32(2,3)4/h6-10,12-14,19-21H,15-18H2,1-4H3,(H,33,35,39). The van der Waals surface area contributed by atoms with Gasteiger partial charge in [0.25, 0.3) is 5.91 Å². The molecule has 10 heteroatoms. The third-order valence-electron chi connectivity index (χ3n) is 6.59. The molecular weight excluding hydrogens is 532 g/mol. The molecule has 4 aromatic rings. The first-order valence-corrected chi connectivity index (χ1v) is 13.7. The lowest BCUT2D eigenvalue weighted by Crippen LogP contribution is -2.51. The van der Waals surface area contributed by atoms with Crippen LogP contribution in [-0.2, 0) is 9.53 Å². The van der Waals surface area contributed by atoms with Crippen LogP contribution in [0.5, 0.6) is 0 Å². The van der Waals surface area contributed by atoms with Crippen molar-refractivity contribution in [1.29, 1.82) is 0 Å². The van der Waals surface area contributed by atoms with Crippen LogP contribution in [0, 0.1) is 11.8 Å². The number of piperazine rings is 1. The van der Waals surface area contributed by atoms with Crippen LogP contribution in [0.3, 0.4) is 0 Å². The van der Waals surface area contributed by atoms with Gasteiger partial charge in [-0.25, -0.2) is 14.8 Å². The van der Waals surface area contributed by atoms with Crippen LogP contribution in [0.25, 0.3) is 16.8 Å². The predicted molar refractivity (Wildman–Crippen MR) is 159 cm³/mol. The first-order chi connectivity index (χ1) is 20.1. The summed E-state index contributed by atoms with van der Waals surface area (Å²) in [4.78, 5) is 48.8. The summed E-state index contributed by atoms with van der Waals surface area (Å²) < 4.78 is 7.36. The number of hydrogen-bond donors (Lipinski definition) is 1. The van der Waals surface area contributed by atoms with Gasteiger partial charge >= 0.3 is 6.09 Å². The smallest absolute Gasteiger partial charge is 0.410 e. The lowest BCUT2D eigenvalue weighted by Gasteiger charge is -2.35. The van der Waals surface area contributed by atoms with Crippen molar-refractivity contribution in [2.24, 2.45) is 0 Å². The van der Waals surface area contributed by atoms with E-state index >= 15 is 0 Å². The summed E-state index contributed by atoms with van der Waals surface area (Å²) in [6.07, 6.45) is 4.93. The third kappa shape index (κ3) is 6.75. The number of carbonyl (C=O) groups excluding carboxylic acids is 3. The normalized spacial score (nSPS) is 13.3. The molecule has 1 N–H and O–H groups in total. The lowest BCUT2D eigenvalue weighted by atomic mass is 10.0. The molecule has 1 fully saturated rings. The molecule has 42 heavy (non-hydrogen) atoms. The van der Waals surface area contributed by atoms with Crippen LogP contribution in [-0.4, -0.2) is 73.9 Å². The minimum Gasteiger partial charge on any atom is -0.444 e. The Hall–Kier alpha value is -5.17. The molecule has 0 unspecified atom stereocenters. The zero-order valence-electron chi connectivity index (χ0n) is 24.0. The Labute approximate surface area is 244 Å². The predicted octanol–water partition coefficient (Wildman–Crippen LogP) is 4.45. The Morgan fingerprint density at radius 2 is 1.57 bits per heavy atom. The highest BCUT2D eigenvalue weighted by Gasteiger charge is 2.28. The molecule has 0 atom stereocenters. The molecule has 4 heterocycles. The number of anilines is 1. The van der Waals surface area contributed by atoms with Gasteiger partial charge in [0.05, 0.1) is 6.20 Å². The SMILES string of the molecule is CC(=O)Nc1cc(C#Cc2cnc3ccc(-c4ccc(C(=O)N5CCN(C(=O)OC(C)(C)C)CC5)cc4)cn23)ccn1. The third-order valence-corrected chi connectivity index (χ3v) is 6.59. The number of hydrogen-bond acceptors (Lipinski definition) is 6. The second-order valence-corrected chi connectivity index (χ2v) is 11.0. The number of nitrogens with zero attached hydrogens (tertiary/aromatic N) is 5. The van der Waals surface area contributed by atoms with Crippen LogP contribution in [0.4, 0.5) is 10.6 Å².